The van der Waals surface area contributed by atoms with Crippen molar-refractivity contribution < 1.29 is 17.9 Å². The maximum absolute atomic E-state index is 13.5. The summed E-state index contributed by atoms with van der Waals surface area (Å²) in [6, 6.07) is 5.91. The summed E-state index contributed by atoms with van der Waals surface area (Å²) in [5, 5.41) is 3.06. The molecule has 2 nitrogen and oxygen atoms in total. The fraction of sp³-hybridized carbons (Fsp3) is 0.286. The van der Waals surface area contributed by atoms with E-state index in [0.717, 1.165) is 11.6 Å². The zero-order valence-corrected chi connectivity index (χ0v) is 11.9. The van der Waals surface area contributed by atoms with E-state index >= 15 is 0 Å². The molecule has 2 aromatic rings. The van der Waals surface area contributed by atoms with Crippen molar-refractivity contribution in [2.75, 3.05) is 5.32 Å². The monoisotopic (exact) mass is 301 g/mol. The molecule has 0 atom stereocenters. The third-order valence-corrected chi connectivity index (χ3v) is 3.78. The van der Waals surface area contributed by atoms with Crippen LogP contribution in [0.15, 0.2) is 24.3 Å². The topological polar surface area (TPSA) is 21.3 Å². The number of alkyl halides is 2. The van der Waals surface area contributed by atoms with Crippen molar-refractivity contribution in [3.63, 3.8) is 0 Å². The number of halogens is 3. The van der Waals surface area contributed by atoms with Crippen LogP contribution in [0, 0.1) is 19.7 Å². The third-order valence-electron chi connectivity index (χ3n) is 2.77. The molecule has 0 aliphatic rings. The van der Waals surface area contributed by atoms with Crippen molar-refractivity contribution >= 4 is 17.0 Å². The Kier molecular flexibility index (Phi) is 4.54. The predicted octanol–water partition coefficient (Wildman–Crippen LogP) is 4.72. The Hall–Kier alpha value is -1.69. The van der Waals surface area contributed by atoms with E-state index in [-0.39, 0.29) is 0 Å². The molecule has 0 amide bonds. The Labute approximate surface area is 119 Å². The van der Waals surface area contributed by atoms with Gasteiger partial charge >= 0.3 is 6.61 Å². The van der Waals surface area contributed by atoms with E-state index in [1.54, 1.807) is 11.3 Å². The quantitative estimate of drug-likeness (QED) is 0.863. The number of anilines is 1. The first-order valence-electron chi connectivity index (χ1n) is 6.00. The molecule has 0 fully saturated rings. The van der Waals surface area contributed by atoms with E-state index in [4.69, 9.17) is 0 Å². The Morgan fingerprint density at radius 1 is 1.25 bits per heavy atom. The molecular formula is C14H14F3NOS. The van der Waals surface area contributed by atoms with Crippen LogP contribution in [0.25, 0.3) is 0 Å². The molecule has 108 valence electrons. The summed E-state index contributed by atoms with van der Waals surface area (Å²) < 4.78 is 41.6. The number of rotatable bonds is 5. The van der Waals surface area contributed by atoms with Crippen molar-refractivity contribution in [3.8, 4) is 5.75 Å². The molecule has 1 aromatic carbocycles. The summed E-state index contributed by atoms with van der Waals surface area (Å²) in [7, 11) is 0. The van der Waals surface area contributed by atoms with Crippen LogP contribution in [-0.4, -0.2) is 6.61 Å². The Balaban J connectivity index is 2.03. The molecule has 6 heteroatoms. The standard InChI is InChI=1S/C14H14F3NOS/c1-8-5-10(9(2)20-8)7-18-11-3-4-13(12(15)6-11)19-14(16)17/h3-6,14,18H,7H2,1-2H3. The predicted molar refractivity (Wildman–Crippen MR) is 74.2 cm³/mol. The highest BCUT2D eigenvalue weighted by Gasteiger charge is 2.10. The molecule has 0 unspecified atom stereocenters. The molecular weight excluding hydrogens is 287 g/mol. The largest absolute Gasteiger partial charge is 0.432 e. The zero-order chi connectivity index (χ0) is 14.7. The number of hydrogen-bond acceptors (Lipinski definition) is 3. The molecule has 0 aliphatic heterocycles. The minimum atomic E-state index is -3.03. The lowest BCUT2D eigenvalue weighted by Crippen LogP contribution is -2.05. The van der Waals surface area contributed by atoms with Crippen LogP contribution in [0.1, 0.15) is 15.3 Å². The highest BCUT2D eigenvalue weighted by molar-refractivity contribution is 7.12. The first kappa shape index (κ1) is 14.7. The minimum Gasteiger partial charge on any atom is -0.432 e. The zero-order valence-electron chi connectivity index (χ0n) is 11.0. The van der Waals surface area contributed by atoms with E-state index in [9.17, 15) is 13.2 Å². The van der Waals surface area contributed by atoms with Gasteiger partial charge in [0.05, 0.1) is 0 Å². The van der Waals surface area contributed by atoms with E-state index in [1.807, 2.05) is 13.8 Å². The molecule has 0 saturated carbocycles. The van der Waals surface area contributed by atoms with Crippen molar-refractivity contribution in [2.24, 2.45) is 0 Å². The Bertz CT molecular complexity index is 598. The first-order chi connectivity index (χ1) is 9.45. The number of hydrogen-bond donors (Lipinski definition) is 1. The molecule has 0 bridgehead atoms. The van der Waals surface area contributed by atoms with Crippen LogP contribution < -0.4 is 10.1 Å². The second-order valence-corrected chi connectivity index (χ2v) is 5.78. The highest BCUT2D eigenvalue weighted by Crippen LogP contribution is 2.25. The number of nitrogens with one attached hydrogen (secondary N) is 1. The van der Waals surface area contributed by atoms with Crippen LogP contribution in [0.2, 0.25) is 0 Å². The summed E-state index contributed by atoms with van der Waals surface area (Å²) >= 11 is 1.70. The summed E-state index contributed by atoms with van der Waals surface area (Å²) in [6.07, 6.45) is 0. The molecule has 1 N–H and O–H groups in total. The minimum absolute atomic E-state index is 0.451. The van der Waals surface area contributed by atoms with E-state index in [1.165, 1.54) is 21.9 Å². The lowest BCUT2D eigenvalue weighted by atomic mass is 10.2. The van der Waals surface area contributed by atoms with Gasteiger partial charge in [0.1, 0.15) is 0 Å². The molecule has 1 aromatic heterocycles. The van der Waals surface area contributed by atoms with E-state index < -0.39 is 18.2 Å². The van der Waals surface area contributed by atoms with Crippen LogP contribution in [0.5, 0.6) is 5.75 Å². The van der Waals surface area contributed by atoms with Gasteiger partial charge in [-0.05, 0) is 37.6 Å². The van der Waals surface area contributed by atoms with Crippen molar-refractivity contribution in [1.29, 1.82) is 0 Å². The van der Waals surface area contributed by atoms with Crippen molar-refractivity contribution in [2.45, 2.75) is 27.0 Å². The molecule has 2 rings (SSSR count). The lowest BCUT2D eigenvalue weighted by molar-refractivity contribution is -0.0521. The smallest absolute Gasteiger partial charge is 0.387 e. The van der Waals surface area contributed by atoms with Crippen LogP contribution >= 0.6 is 11.3 Å². The first-order valence-corrected chi connectivity index (χ1v) is 6.81. The van der Waals surface area contributed by atoms with Gasteiger partial charge in [-0.1, -0.05) is 0 Å². The maximum atomic E-state index is 13.5. The van der Waals surface area contributed by atoms with E-state index in [0.29, 0.717) is 12.2 Å². The fourth-order valence-electron chi connectivity index (χ4n) is 1.86. The van der Waals surface area contributed by atoms with Gasteiger partial charge in [0.2, 0.25) is 0 Å². The van der Waals surface area contributed by atoms with Gasteiger partial charge < -0.3 is 10.1 Å². The van der Waals surface area contributed by atoms with Crippen LogP contribution in [0.4, 0.5) is 18.9 Å². The average molecular weight is 301 g/mol. The third kappa shape index (κ3) is 3.66. The number of ether oxygens (including phenoxy) is 1. The molecule has 1 heterocycles. The summed E-state index contributed by atoms with van der Waals surface area (Å²) in [6.45, 7) is 1.58. The van der Waals surface area contributed by atoms with Gasteiger partial charge in [0, 0.05) is 28.1 Å². The van der Waals surface area contributed by atoms with Crippen LogP contribution in [-0.2, 0) is 6.54 Å². The molecule has 0 radical (unpaired) electrons. The molecule has 0 aliphatic carbocycles. The van der Waals surface area contributed by atoms with Gasteiger partial charge in [-0.15, -0.1) is 11.3 Å². The fourth-order valence-corrected chi connectivity index (χ4v) is 2.80. The second kappa shape index (κ2) is 6.17. The van der Waals surface area contributed by atoms with Crippen LogP contribution in [0.3, 0.4) is 0 Å². The number of thiophene rings is 1. The summed E-state index contributed by atoms with van der Waals surface area (Å²) in [5.41, 5.74) is 1.66. The highest BCUT2D eigenvalue weighted by atomic mass is 32.1. The van der Waals surface area contributed by atoms with Crippen molar-refractivity contribution in [1.82, 2.24) is 0 Å². The van der Waals surface area contributed by atoms with Gasteiger partial charge in [-0.2, -0.15) is 8.78 Å². The van der Waals surface area contributed by atoms with Gasteiger partial charge in [-0.25, -0.2) is 4.39 Å². The Morgan fingerprint density at radius 3 is 2.55 bits per heavy atom. The number of aryl methyl sites for hydroxylation is 2. The SMILES string of the molecule is Cc1cc(CNc2ccc(OC(F)F)c(F)c2)c(C)s1. The molecule has 0 spiro atoms. The summed E-state index contributed by atoms with van der Waals surface area (Å²) in [5.74, 6) is -1.26. The van der Waals surface area contributed by atoms with Gasteiger partial charge in [-0.3, -0.25) is 0 Å². The maximum Gasteiger partial charge on any atom is 0.387 e. The number of benzene rings is 1. The second-order valence-electron chi connectivity index (χ2n) is 4.32. The van der Waals surface area contributed by atoms with Gasteiger partial charge in [0.25, 0.3) is 0 Å². The van der Waals surface area contributed by atoms with Gasteiger partial charge in [0.15, 0.2) is 11.6 Å². The summed E-state index contributed by atoms with van der Waals surface area (Å²) in [4.78, 5) is 2.42. The average Bonchev–Trinajstić information content (AvgIpc) is 2.68. The normalized spacial score (nSPS) is 10.9. The Morgan fingerprint density at radius 2 is 2.00 bits per heavy atom. The molecule has 0 saturated heterocycles. The lowest BCUT2D eigenvalue weighted by Gasteiger charge is -2.09. The molecule has 20 heavy (non-hydrogen) atoms. The van der Waals surface area contributed by atoms with E-state index in [2.05, 4.69) is 16.1 Å². The van der Waals surface area contributed by atoms with Crippen molar-refractivity contribution in [3.05, 3.63) is 45.4 Å².